The van der Waals surface area contributed by atoms with Crippen molar-refractivity contribution in [2.75, 3.05) is 40.8 Å². The molecule has 0 atom stereocenters. The minimum atomic E-state index is 0.945. The first-order chi connectivity index (χ1) is 8.57. The molecule has 0 saturated carbocycles. The molecule has 1 rings (SSSR count). The molecule has 0 bridgehead atoms. The SMILES string of the molecule is CCNCCC[N+](C)(C)Cc1cccc(OC)c1. The Hall–Kier alpha value is -1.06. The van der Waals surface area contributed by atoms with Crippen molar-refractivity contribution in [1.29, 1.82) is 0 Å². The number of nitrogens with one attached hydrogen (secondary N) is 1. The molecule has 0 aliphatic rings. The highest BCUT2D eigenvalue weighted by Gasteiger charge is 2.15. The maximum absolute atomic E-state index is 5.27. The maximum Gasteiger partial charge on any atom is 0.119 e. The first-order valence-electron chi connectivity index (χ1n) is 6.73. The molecule has 1 aromatic carbocycles. The van der Waals surface area contributed by atoms with Gasteiger partial charge in [0.1, 0.15) is 12.3 Å². The van der Waals surface area contributed by atoms with E-state index in [1.165, 1.54) is 18.5 Å². The van der Waals surface area contributed by atoms with Crippen LogP contribution in [0.15, 0.2) is 24.3 Å². The summed E-state index contributed by atoms with van der Waals surface area (Å²) >= 11 is 0. The summed E-state index contributed by atoms with van der Waals surface area (Å²) in [6, 6.07) is 8.36. The van der Waals surface area contributed by atoms with Crippen molar-refractivity contribution < 1.29 is 9.22 Å². The summed E-state index contributed by atoms with van der Waals surface area (Å²) in [5, 5.41) is 3.37. The van der Waals surface area contributed by atoms with Gasteiger partial charge in [-0.2, -0.15) is 0 Å². The third-order valence-electron chi connectivity index (χ3n) is 3.11. The number of hydrogen-bond acceptors (Lipinski definition) is 2. The van der Waals surface area contributed by atoms with E-state index in [1.54, 1.807) is 7.11 Å². The van der Waals surface area contributed by atoms with E-state index in [0.717, 1.165) is 29.9 Å². The normalized spacial score (nSPS) is 11.6. The van der Waals surface area contributed by atoms with E-state index in [-0.39, 0.29) is 0 Å². The minimum absolute atomic E-state index is 0.945. The van der Waals surface area contributed by atoms with Gasteiger partial charge in [0.15, 0.2) is 0 Å². The lowest BCUT2D eigenvalue weighted by Gasteiger charge is -2.30. The zero-order valence-electron chi connectivity index (χ0n) is 12.2. The summed E-state index contributed by atoms with van der Waals surface area (Å²) in [5.74, 6) is 0.945. The van der Waals surface area contributed by atoms with Crippen LogP contribution in [-0.2, 0) is 6.54 Å². The van der Waals surface area contributed by atoms with Crippen LogP contribution in [0.5, 0.6) is 5.75 Å². The van der Waals surface area contributed by atoms with Gasteiger partial charge in [-0.25, -0.2) is 0 Å². The number of rotatable bonds is 8. The molecule has 3 nitrogen and oxygen atoms in total. The minimum Gasteiger partial charge on any atom is -0.497 e. The molecule has 102 valence electrons. The predicted molar refractivity (Wildman–Crippen MR) is 76.8 cm³/mol. The second-order valence-corrected chi connectivity index (χ2v) is 5.38. The molecular formula is C15H27N2O+. The summed E-state index contributed by atoms with van der Waals surface area (Å²) in [5.41, 5.74) is 1.34. The molecule has 0 amide bonds. The summed E-state index contributed by atoms with van der Waals surface area (Å²) in [6.07, 6.45) is 1.21. The van der Waals surface area contributed by atoms with Crippen molar-refractivity contribution in [3.05, 3.63) is 29.8 Å². The van der Waals surface area contributed by atoms with Gasteiger partial charge in [-0.1, -0.05) is 19.1 Å². The molecule has 0 spiro atoms. The van der Waals surface area contributed by atoms with E-state index in [9.17, 15) is 0 Å². The predicted octanol–water partition coefficient (Wildman–Crippen LogP) is 2.27. The molecule has 0 fully saturated rings. The van der Waals surface area contributed by atoms with E-state index in [2.05, 4.69) is 44.5 Å². The van der Waals surface area contributed by atoms with Gasteiger partial charge in [-0.05, 0) is 18.7 Å². The Bertz CT molecular complexity index is 350. The Morgan fingerprint density at radius 1 is 1.28 bits per heavy atom. The Balaban J connectivity index is 2.47. The van der Waals surface area contributed by atoms with Gasteiger partial charge in [0.05, 0.1) is 27.7 Å². The monoisotopic (exact) mass is 251 g/mol. The molecule has 0 unspecified atom stereocenters. The van der Waals surface area contributed by atoms with Crippen molar-refractivity contribution in [2.24, 2.45) is 0 Å². The van der Waals surface area contributed by atoms with Crippen LogP contribution < -0.4 is 10.1 Å². The highest BCUT2D eigenvalue weighted by Crippen LogP contribution is 2.16. The smallest absolute Gasteiger partial charge is 0.119 e. The van der Waals surface area contributed by atoms with E-state index >= 15 is 0 Å². The fourth-order valence-electron chi connectivity index (χ4n) is 2.15. The van der Waals surface area contributed by atoms with Crippen LogP contribution in [0.4, 0.5) is 0 Å². The van der Waals surface area contributed by atoms with Crippen LogP contribution in [0.25, 0.3) is 0 Å². The lowest BCUT2D eigenvalue weighted by molar-refractivity contribution is -0.903. The first-order valence-corrected chi connectivity index (χ1v) is 6.73. The highest BCUT2D eigenvalue weighted by atomic mass is 16.5. The fourth-order valence-corrected chi connectivity index (χ4v) is 2.15. The molecule has 0 aliphatic carbocycles. The fraction of sp³-hybridized carbons (Fsp3) is 0.600. The molecular weight excluding hydrogens is 224 g/mol. The number of hydrogen-bond donors (Lipinski definition) is 1. The van der Waals surface area contributed by atoms with Gasteiger partial charge in [0.2, 0.25) is 0 Å². The molecule has 1 N–H and O–H groups in total. The molecule has 3 heteroatoms. The highest BCUT2D eigenvalue weighted by molar-refractivity contribution is 5.27. The quantitative estimate of drug-likeness (QED) is 0.565. The first kappa shape index (κ1) is 15.0. The van der Waals surface area contributed by atoms with Crippen LogP contribution in [0, 0.1) is 0 Å². The summed E-state index contributed by atoms with van der Waals surface area (Å²) in [6.45, 7) is 6.55. The van der Waals surface area contributed by atoms with Crippen molar-refractivity contribution in [2.45, 2.75) is 19.9 Å². The third kappa shape index (κ3) is 5.52. The molecule has 0 saturated heterocycles. The number of nitrogens with zero attached hydrogens (tertiary/aromatic N) is 1. The number of benzene rings is 1. The van der Waals surface area contributed by atoms with Gasteiger partial charge >= 0.3 is 0 Å². The van der Waals surface area contributed by atoms with Crippen LogP contribution in [0.3, 0.4) is 0 Å². The Morgan fingerprint density at radius 3 is 2.72 bits per heavy atom. The summed E-state index contributed by atoms with van der Waals surface area (Å²) in [7, 11) is 6.28. The number of methoxy groups -OCH3 is 1. The molecule has 0 aromatic heterocycles. The Kier molecular flexibility index (Phi) is 6.16. The van der Waals surface area contributed by atoms with E-state index in [0.29, 0.717) is 0 Å². The molecule has 0 heterocycles. The van der Waals surface area contributed by atoms with Crippen molar-refractivity contribution in [3.63, 3.8) is 0 Å². The lowest BCUT2D eigenvalue weighted by Crippen LogP contribution is -2.40. The number of ether oxygens (including phenoxy) is 1. The lowest BCUT2D eigenvalue weighted by atomic mass is 10.2. The average Bonchev–Trinajstić information content (AvgIpc) is 2.34. The van der Waals surface area contributed by atoms with Crippen molar-refractivity contribution in [1.82, 2.24) is 5.32 Å². The van der Waals surface area contributed by atoms with Gasteiger partial charge in [0, 0.05) is 18.5 Å². The van der Waals surface area contributed by atoms with Gasteiger partial charge in [-0.15, -0.1) is 0 Å². The van der Waals surface area contributed by atoms with Crippen LogP contribution in [0.1, 0.15) is 18.9 Å². The second-order valence-electron chi connectivity index (χ2n) is 5.38. The molecule has 0 aliphatic heterocycles. The second kappa shape index (κ2) is 7.39. The van der Waals surface area contributed by atoms with Crippen molar-refractivity contribution >= 4 is 0 Å². The van der Waals surface area contributed by atoms with E-state index in [4.69, 9.17) is 4.74 Å². The van der Waals surface area contributed by atoms with E-state index < -0.39 is 0 Å². The summed E-state index contributed by atoms with van der Waals surface area (Å²) in [4.78, 5) is 0. The van der Waals surface area contributed by atoms with Crippen LogP contribution in [0.2, 0.25) is 0 Å². The molecule has 0 radical (unpaired) electrons. The zero-order valence-corrected chi connectivity index (χ0v) is 12.2. The number of quaternary nitrogens is 1. The van der Waals surface area contributed by atoms with Gasteiger partial charge in [0.25, 0.3) is 0 Å². The van der Waals surface area contributed by atoms with Crippen LogP contribution in [-0.4, -0.2) is 45.3 Å². The van der Waals surface area contributed by atoms with Crippen molar-refractivity contribution in [3.8, 4) is 5.75 Å². The summed E-state index contributed by atoms with van der Waals surface area (Å²) < 4.78 is 6.28. The topological polar surface area (TPSA) is 21.3 Å². The Morgan fingerprint density at radius 2 is 2.06 bits per heavy atom. The molecule has 18 heavy (non-hydrogen) atoms. The van der Waals surface area contributed by atoms with Gasteiger partial charge < -0.3 is 14.5 Å². The van der Waals surface area contributed by atoms with Gasteiger partial charge in [-0.3, -0.25) is 0 Å². The van der Waals surface area contributed by atoms with E-state index in [1.807, 2.05) is 6.07 Å². The Labute approximate surface area is 111 Å². The average molecular weight is 251 g/mol. The zero-order chi connectivity index (χ0) is 13.4. The third-order valence-corrected chi connectivity index (χ3v) is 3.11. The van der Waals surface area contributed by atoms with Crippen LogP contribution >= 0.6 is 0 Å². The molecule has 1 aromatic rings. The standard InChI is InChI=1S/C15H27N2O/c1-5-16-10-7-11-17(2,3)13-14-8-6-9-15(12-14)18-4/h6,8-9,12,16H,5,7,10-11,13H2,1-4H3/q+1. The largest absolute Gasteiger partial charge is 0.497 e. The maximum atomic E-state index is 5.27.